The van der Waals surface area contributed by atoms with Gasteiger partial charge in [0, 0.05) is 37.0 Å². The Labute approximate surface area is 168 Å². The Morgan fingerprint density at radius 1 is 1.10 bits per heavy atom. The molecular formula is C21H23N5O3. The van der Waals surface area contributed by atoms with E-state index in [0.29, 0.717) is 36.3 Å². The number of anilines is 1. The number of urea groups is 1. The van der Waals surface area contributed by atoms with Gasteiger partial charge < -0.3 is 19.7 Å². The van der Waals surface area contributed by atoms with Crippen molar-refractivity contribution in [2.45, 2.75) is 18.8 Å². The van der Waals surface area contributed by atoms with E-state index in [-0.39, 0.29) is 6.03 Å². The van der Waals surface area contributed by atoms with Gasteiger partial charge in [0.1, 0.15) is 11.5 Å². The molecule has 1 fully saturated rings. The summed E-state index contributed by atoms with van der Waals surface area (Å²) in [6.45, 7) is 1.42. The van der Waals surface area contributed by atoms with Gasteiger partial charge in [-0.3, -0.25) is 5.10 Å². The molecule has 0 atom stereocenters. The molecule has 0 unspecified atom stereocenters. The second-order valence-electron chi connectivity index (χ2n) is 6.87. The molecule has 4 rings (SSSR count). The van der Waals surface area contributed by atoms with E-state index in [2.05, 4.69) is 20.5 Å². The van der Waals surface area contributed by atoms with Crippen molar-refractivity contribution in [1.82, 2.24) is 20.1 Å². The fourth-order valence-corrected chi connectivity index (χ4v) is 3.37. The molecule has 0 radical (unpaired) electrons. The first-order valence-corrected chi connectivity index (χ1v) is 9.54. The molecule has 150 valence electrons. The molecule has 0 bridgehead atoms. The van der Waals surface area contributed by atoms with E-state index in [9.17, 15) is 4.79 Å². The molecule has 3 heterocycles. The van der Waals surface area contributed by atoms with Gasteiger partial charge in [-0.05, 0) is 49.2 Å². The molecule has 1 aliphatic heterocycles. The maximum atomic E-state index is 12.5. The molecule has 0 saturated carbocycles. The highest BCUT2D eigenvalue weighted by atomic mass is 16.5. The van der Waals surface area contributed by atoms with Crippen LogP contribution >= 0.6 is 0 Å². The molecule has 1 saturated heterocycles. The number of ether oxygens (including phenoxy) is 2. The van der Waals surface area contributed by atoms with Gasteiger partial charge >= 0.3 is 6.03 Å². The topological polar surface area (TPSA) is 92.4 Å². The predicted octanol–water partition coefficient (Wildman–Crippen LogP) is 4.02. The number of nitrogens with zero attached hydrogens (tertiary/aromatic N) is 3. The third-order valence-electron chi connectivity index (χ3n) is 5.01. The monoisotopic (exact) mass is 393 g/mol. The number of rotatable bonds is 5. The molecule has 2 amide bonds. The molecule has 2 N–H and O–H groups in total. The van der Waals surface area contributed by atoms with Gasteiger partial charge in [0.25, 0.3) is 0 Å². The van der Waals surface area contributed by atoms with Crippen molar-refractivity contribution in [3.63, 3.8) is 0 Å². The summed E-state index contributed by atoms with van der Waals surface area (Å²) >= 11 is 0. The van der Waals surface area contributed by atoms with E-state index >= 15 is 0 Å². The zero-order chi connectivity index (χ0) is 20.1. The fourth-order valence-electron chi connectivity index (χ4n) is 3.37. The maximum absolute atomic E-state index is 12.5. The number of aromatic nitrogens is 3. The van der Waals surface area contributed by atoms with E-state index in [4.69, 9.17) is 9.47 Å². The van der Waals surface area contributed by atoms with Crippen molar-refractivity contribution < 1.29 is 14.3 Å². The number of hydrogen-bond acceptors (Lipinski definition) is 5. The Morgan fingerprint density at radius 2 is 1.86 bits per heavy atom. The van der Waals surface area contributed by atoms with Crippen LogP contribution in [0.3, 0.4) is 0 Å². The van der Waals surface area contributed by atoms with Crippen molar-refractivity contribution in [2.24, 2.45) is 0 Å². The quantitative estimate of drug-likeness (QED) is 0.683. The Morgan fingerprint density at radius 3 is 2.48 bits per heavy atom. The highest BCUT2D eigenvalue weighted by molar-refractivity contribution is 5.89. The van der Waals surface area contributed by atoms with E-state index in [1.807, 2.05) is 35.2 Å². The first kappa shape index (κ1) is 18.8. The van der Waals surface area contributed by atoms with E-state index in [0.717, 1.165) is 24.3 Å². The lowest BCUT2D eigenvalue weighted by Gasteiger charge is -2.31. The number of carbonyl (C=O) groups excluding carboxylic acids is 1. The highest BCUT2D eigenvalue weighted by Gasteiger charge is 2.24. The van der Waals surface area contributed by atoms with Gasteiger partial charge in [0.05, 0.1) is 19.0 Å². The molecule has 1 aliphatic rings. The minimum absolute atomic E-state index is 0.112. The van der Waals surface area contributed by atoms with Gasteiger partial charge in [-0.25, -0.2) is 9.78 Å². The normalized spacial score (nSPS) is 14.4. The molecule has 0 aliphatic carbocycles. The Kier molecular flexibility index (Phi) is 5.60. The second kappa shape index (κ2) is 8.64. The summed E-state index contributed by atoms with van der Waals surface area (Å²) in [6, 6.07) is 12.6. The number of H-pyrrole nitrogens is 1. The number of carbonyl (C=O) groups is 1. The van der Waals surface area contributed by atoms with Crippen LogP contribution in [-0.2, 0) is 0 Å². The molecule has 8 heteroatoms. The van der Waals surface area contributed by atoms with Crippen molar-refractivity contribution in [2.75, 3.05) is 25.5 Å². The summed E-state index contributed by atoms with van der Waals surface area (Å²) in [7, 11) is 1.62. The average molecular weight is 393 g/mol. The predicted molar refractivity (Wildman–Crippen MR) is 108 cm³/mol. The largest absolute Gasteiger partial charge is 0.497 e. The van der Waals surface area contributed by atoms with Crippen LogP contribution in [-0.4, -0.2) is 46.3 Å². The van der Waals surface area contributed by atoms with Crippen LogP contribution in [0.1, 0.15) is 24.5 Å². The van der Waals surface area contributed by atoms with Crippen LogP contribution < -0.4 is 14.8 Å². The SMILES string of the molecule is COc1ccc(Oc2ccc(NC(=O)N3CCC(c4ccn[nH]4)CC3)cn2)cc1. The number of hydrogen-bond donors (Lipinski definition) is 2. The number of piperidine rings is 1. The summed E-state index contributed by atoms with van der Waals surface area (Å²) in [4.78, 5) is 18.6. The number of pyridine rings is 1. The lowest BCUT2D eigenvalue weighted by Crippen LogP contribution is -2.40. The van der Waals surface area contributed by atoms with Crippen molar-refractivity contribution in [1.29, 1.82) is 0 Å². The summed E-state index contributed by atoms with van der Waals surface area (Å²) in [5.74, 6) is 2.30. The molecule has 1 aromatic carbocycles. The van der Waals surface area contributed by atoms with Crippen LogP contribution in [0.2, 0.25) is 0 Å². The van der Waals surface area contributed by atoms with Crippen LogP contribution in [0.15, 0.2) is 54.9 Å². The number of aromatic amines is 1. The van der Waals surface area contributed by atoms with Gasteiger partial charge in [-0.1, -0.05) is 0 Å². The summed E-state index contributed by atoms with van der Waals surface area (Å²) in [6.07, 6.45) is 5.20. The fraction of sp³-hybridized carbons (Fsp3) is 0.286. The van der Waals surface area contributed by atoms with Crippen LogP contribution in [0, 0.1) is 0 Å². The molecule has 0 spiro atoms. The second-order valence-corrected chi connectivity index (χ2v) is 6.87. The number of amides is 2. The van der Waals surface area contributed by atoms with Crippen molar-refractivity contribution in [3.05, 3.63) is 60.6 Å². The molecule has 2 aromatic heterocycles. The lowest BCUT2D eigenvalue weighted by atomic mass is 9.94. The third-order valence-corrected chi connectivity index (χ3v) is 5.01. The highest BCUT2D eigenvalue weighted by Crippen LogP contribution is 2.27. The van der Waals surface area contributed by atoms with Gasteiger partial charge in [0.2, 0.25) is 5.88 Å². The minimum Gasteiger partial charge on any atom is -0.497 e. The van der Waals surface area contributed by atoms with Crippen LogP contribution in [0.5, 0.6) is 17.4 Å². The van der Waals surface area contributed by atoms with Crippen molar-refractivity contribution >= 4 is 11.7 Å². The van der Waals surface area contributed by atoms with Crippen LogP contribution in [0.25, 0.3) is 0 Å². The summed E-state index contributed by atoms with van der Waals surface area (Å²) in [5.41, 5.74) is 1.77. The van der Waals surface area contributed by atoms with Crippen molar-refractivity contribution in [3.8, 4) is 17.4 Å². The minimum atomic E-state index is -0.112. The Bertz CT molecular complexity index is 918. The van der Waals surface area contributed by atoms with E-state index in [1.165, 1.54) is 0 Å². The zero-order valence-electron chi connectivity index (χ0n) is 16.2. The maximum Gasteiger partial charge on any atom is 0.321 e. The summed E-state index contributed by atoms with van der Waals surface area (Å²) in [5, 5.41) is 9.93. The number of methoxy groups -OCH3 is 1. The smallest absolute Gasteiger partial charge is 0.321 e. The molecule has 29 heavy (non-hydrogen) atoms. The third kappa shape index (κ3) is 4.66. The standard InChI is InChI=1S/C21H23N5O3/c1-28-17-3-5-18(6-4-17)29-20-7-2-16(14-22-20)24-21(27)26-12-9-15(10-13-26)19-8-11-23-25-19/h2-8,11,14-15H,9-10,12-13H2,1H3,(H,23,25)(H,24,27). The first-order valence-electron chi connectivity index (χ1n) is 9.54. The van der Waals surface area contributed by atoms with E-state index < -0.39 is 0 Å². The number of likely N-dealkylation sites (tertiary alicyclic amines) is 1. The number of nitrogens with one attached hydrogen (secondary N) is 2. The zero-order valence-corrected chi connectivity index (χ0v) is 16.2. The lowest BCUT2D eigenvalue weighted by molar-refractivity contribution is 0.194. The Hall–Kier alpha value is -3.55. The average Bonchev–Trinajstić information content (AvgIpc) is 3.31. The molecular weight excluding hydrogens is 370 g/mol. The van der Waals surface area contributed by atoms with E-state index in [1.54, 1.807) is 31.6 Å². The number of benzene rings is 1. The molecule has 8 nitrogen and oxygen atoms in total. The van der Waals surface area contributed by atoms with Gasteiger partial charge in [0.15, 0.2) is 0 Å². The Balaban J connectivity index is 1.28. The van der Waals surface area contributed by atoms with Gasteiger partial charge in [-0.2, -0.15) is 5.10 Å². The summed E-state index contributed by atoms with van der Waals surface area (Å²) < 4.78 is 10.8. The molecule has 3 aromatic rings. The van der Waals surface area contributed by atoms with Crippen LogP contribution in [0.4, 0.5) is 10.5 Å². The first-order chi connectivity index (χ1) is 14.2. The van der Waals surface area contributed by atoms with Gasteiger partial charge in [-0.15, -0.1) is 0 Å².